The zero-order valence-electron chi connectivity index (χ0n) is 17.3. The first kappa shape index (κ1) is 22.7. The van der Waals surface area contributed by atoms with Crippen LogP contribution >= 0.6 is 11.6 Å². The lowest BCUT2D eigenvalue weighted by molar-refractivity contribution is 0.612. The van der Waals surface area contributed by atoms with Crippen molar-refractivity contribution in [1.29, 1.82) is 0 Å². The average molecular weight is 377 g/mol. The quantitative estimate of drug-likeness (QED) is 0.439. The number of hydrogen-bond acceptors (Lipinski definition) is 0. The van der Waals surface area contributed by atoms with Crippen LogP contribution < -0.4 is 0 Å². The van der Waals surface area contributed by atoms with Gasteiger partial charge >= 0.3 is 0 Å². The fraction of sp³-hybridized carbons (Fsp3) is 0.500. The van der Waals surface area contributed by atoms with Crippen LogP contribution in [0.25, 0.3) is 0 Å². The van der Waals surface area contributed by atoms with Gasteiger partial charge in [0.05, 0.1) is 0 Å². The van der Waals surface area contributed by atoms with Gasteiger partial charge in [0, 0.05) is 5.02 Å². The van der Waals surface area contributed by atoms with Crippen LogP contribution in [0.3, 0.4) is 0 Å². The van der Waals surface area contributed by atoms with Crippen molar-refractivity contribution in [2.45, 2.75) is 80.1 Å². The predicted molar refractivity (Wildman–Crippen MR) is 114 cm³/mol. The molecule has 2 aliphatic rings. The van der Waals surface area contributed by atoms with E-state index in [-0.39, 0.29) is 5.82 Å². The molecule has 0 saturated heterocycles. The van der Waals surface area contributed by atoms with Crippen LogP contribution in [0, 0.1) is 19.7 Å². The monoisotopic (exact) mass is 376 g/mol. The minimum atomic E-state index is -0.0110. The van der Waals surface area contributed by atoms with E-state index in [2.05, 4.69) is 19.9 Å². The molecule has 0 saturated carbocycles. The fourth-order valence-electron chi connectivity index (χ4n) is 3.68. The molecule has 144 valence electrons. The number of halogens is 2. The van der Waals surface area contributed by atoms with Crippen LogP contribution in [0.1, 0.15) is 73.9 Å². The van der Waals surface area contributed by atoms with Crippen LogP contribution in [0.15, 0.2) is 24.3 Å². The summed E-state index contributed by atoms with van der Waals surface area (Å²) < 4.78 is 13.1. The molecule has 0 aromatic heterocycles. The van der Waals surface area contributed by atoms with Crippen molar-refractivity contribution in [2.75, 3.05) is 0 Å². The zero-order valence-corrected chi connectivity index (χ0v) is 18.1. The third-order valence-corrected chi connectivity index (χ3v) is 5.28. The van der Waals surface area contributed by atoms with Gasteiger partial charge in [0.25, 0.3) is 0 Å². The molecule has 0 N–H and O–H groups in total. The lowest BCUT2D eigenvalue weighted by atomic mass is 10.0. The molecule has 0 bridgehead atoms. The Bertz CT molecular complexity index is 584. The van der Waals surface area contributed by atoms with Crippen LogP contribution in [-0.2, 0) is 25.7 Å². The van der Waals surface area contributed by atoms with Gasteiger partial charge in [-0.15, -0.1) is 0 Å². The molecular formula is C24H34ClF. The summed E-state index contributed by atoms with van der Waals surface area (Å²) in [5, 5.41) is 0.961. The number of hydrogen-bond donors (Lipinski definition) is 0. The van der Waals surface area contributed by atoms with E-state index in [9.17, 15) is 4.39 Å². The van der Waals surface area contributed by atoms with E-state index in [1.807, 2.05) is 39.8 Å². The molecule has 0 nitrogen and oxygen atoms in total. The summed E-state index contributed by atoms with van der Waals surface area (Å²) in [5.74, 6) is -0.0110. The Hall–Kier alpha value is -1.34. The Morgan fingerprint density at radius 1 is 0.654 bits per heavy atom. The first-order chi connectivity index (χ1) is 12.6. The minimum Gasteiger partial charge on any atom is -0.207 e. The topological polar surface area (TPSA) is 0 Å². The lowest BCUT2D eigenvalue weighted by Crippen LogP contribution is -1.90. The van der Waals surface area contributed by atoms with Crippen LogP contribution in [0.4, 0.5) is 4.39 Å². The Morgan fingerprint density at radius 3 is 1.58 bits per heavy atom. The zero-order chi connectivity index (χ0) is 19.7. The lowest BCUT2D eigenvalue weighted by Gasteiger charge is -2.04. The standard InChI is InChI=1S/C10H11Cl.C10H11F.2C2H6/c2*1-7-5-6-10(11)9-4-2-3-8(7)9;2*1-2/h2*5-6H,2-4H2,1H3;2*1-2H3. The second-order valence-electron chi connectivity index (χ2n) is 6.35. The molecule has 26 heavy (non-hydrogen) atoms. The molecule has 0 aliphatic heterocycles. The number of fused-ring (bicyclic) bond motifs is 2. The fourth-order valence-corrected chi connectivity index (χ4v) is 3.96. The van der Waals surface area contributed by atoms with Crippen molar-refractivity contribution in [1.82, 2.24) is 0 Å². The van der Waals surface area contributed by atoms with E-state index in [4.69, 9.17) is 11.6 Å². The molecule has 2 aromatic carbocycles. The van der Waals surface area contributed by atoms with Gasteiger partial charge in [0.2, 0.25) is 0 Å². The highest BCUT2D eigenvalue weighted by Gasteiger charge is 2.16. The molecule has 0 spiro atoms. The highest BCUT2D eigenvalue weighted by Crippen LogP contribution is 2.30. The second-order valence-corrected chi connectivity index (χ2v) is 6.76. The van der Waals surface area contributed by atoms with Gasteiger partial charge in [-0.1, -0.05) is 51.4 Å². The summed E-state index contributed by atoms with van der Waals surface area (Å²) in [7, 11) is 0. The molecular weight excluding hydrogens is 343 g/mol. The van der Waals surface area contributed by atoms with E-state index in [0.29, 0.717) is 0 Å². The smallest absolute Gasteiger partial charge is 0.126 e. The van der Waals surface area contributed by atoms with E-state index in [1.165, 1.54) is 47.1 Å². The minimum absolute atomic E-state index is 0.0110. The summed E-state index contributed by atoms with van der Waals surface area (Å²) in [5.41, 5.74) is 7.76. The van der Waals surface area contributed by atoms with Crippen molar-refractivity contribution >= 4 is 11.6 Å². The van der Waals surface area contributed by atoms with E-state index in [0.717, 1.165) is 29.8 Å². The highest BCUT2D eigenvalue weighted by molar-refractivity contribution is 6.31. The number of rotatable bonds is 0. The van der Waals surface area contributed by atoms with Gasteiger partial charge in [0.15, 0.2) is 0 Å². The molecule has 0 amide bonds. The number of benzene rings is 2. The largest absolute Gasteiger partial charge is 0.207 e. The Balaban J connectivity index is 0.000000219. The SMILES string of the molecule is CC.CC.Cc1ccc(Cl)c2c1CCC2.Cc1ccc(F)c2c1CCC2. The van der Waals surface area contributed by atoms with Gasteiger partial charge in [0.1, 0.15) is 5.82 Å². The molecule has 0 heterocycles. The van der Waals surface area contributed by atoms with Crippen molar-refractivity contribution in [3.63, 3.8) is 0 Å². The molecule has 2 aromatic rings. The van der Waals surface area contributed by atoms with E-state index in [1.54, 1.807) is 6.07 Å². The third kappa shape index (κ3) is 5.33. The Kier molecular flexibility index (Phi) is 9.94. The van der Waals surface area contributed by atoms with Gasteiger partial charge in [-0.25, -0.2) is 4.39 Å². The van der Waals surface area contributed by atoms with Gasteiger partial charge < -0.3 is 0 Å². The molecule has 0 fully saturated rings. The van der Waals surface area contributed by atoms with E-state index >= 15 is 0 Å². The first-order valence-electron chi connectivity index (χ1n) is 10.1. The maximum Gasteiger partial charge on any atom is 0.126 e. The maximum atomic E-state index is 13.1. The van der Waals surface area contributed by atoms with Crippen LogP contribution in [-0.4, -0.2) is 0 Å². The predicted octanol–water partition coefficient (Wildman–Crippen LogP) is 7.81. The van der Waals surface area contributed by atoms with Crippen LogP contribution in [0.2, 0.25) is 5.02 Å². The van der Waals surface area contributed by atoms with Gasteiger partial charge in [-0.05, 0) is 97.9 Å². The molecule has 0 radical (unpaired) electrons. The summed E-state index contributed by atoms with van der Waals surface area (Å²) in [6.07, 6.45) is 6.80. The Labute approximate surface area is 164 Å². The van der Waals surface area contributed by atoms with Crippen molar-refractivity contribution in [3.05, 3.63) is 68.5 Å². The summed E-state index contributed by atoms with van der Waals surface area (Å²) >= 11 is 6.04. The molecule has 0 unspecified atom stereocenters. The normalized spacial score (nSPS) is 13.2. The molecule has 2 aliphatic carbocycles. The maximum absolute atomic E-state index is 13.1. The summed E-state index contributed by atoms with van der Waals surface area (Å²) in [6.45, 7) is 12.2. The number of aryl methyl sites for hydroxylation is 2. The van der Waals surface area contributed by atoms with Crippen LogP contribution in [0.5, 0.6) is 0 Å². The average Bonchev–Trinajstić information content (AvgIpc) is 3.36. The second kappa shape index (κ2) is 11.4. The van der Waals surface area contributed by atoms with Gasteiger partial charge in [-0.3, -0.25) is 0 Å². The summed E-state index contributed by atoms with van der Waals surface area (Å²) in [6, 6.07) is 7.59. The van der Waals surface area contributed by atoms with Crippen molar-refractivity contribution in [2.24, 2.45) is 0 Å². The van der Waals surface area contributed by atoms with Crippen molar-refractivity contribution < 1.29 is 4.39 Å². The van der Waals surface area contributed by atoms with Gasteiger partial charge in [-0.2, -0.15) is 0 Å². The third-order valence-electron chi connectivity index (χ3n) is 4.92. The molecule has 4 rings (SSSR count). The molecule has 2 heteroatoms. The summed E-state index contributed by atoms with van der Waals surface area (Å²) in [4.78, 5) is 0. The van der Waals surface area contributed by atoms with Crippen molar-refractivity contribution in [3.8, 4) is 0 Å². The first-order valence-corrected chi connectivity index (χ1v) is 10.5. The Morgan fingerprint density at radius 2 is 1.08 bits per heavy atom. The highest BCUT2D eigenvalue weighted by atomic mass is 35.5. The van der Waals surface area contributed by atoms with E-state index < -0.39 is 0 Å². The molecule has 0 atom stereocenters.